The molecule has 0 spiro atoms. The fraction of sp³-hybridized carbons (Fsp3) is 0.903. The summed E-state index contributed by atoms with van der Waals surface area (Å²) in [7, 11) is 0. The van der Waals surface area contributed by atoms with Crippen LogP contribution in [0, 0.1) is 5.92 Å². The molecule has 0 amide bonds. The fourth-order valence-corrected chi connectivity index (χ4v) is 5.59. The summed E-state index contributed by atoms with van der Waals surface area (Å²) in [5.41, 5.74) is 0.220. The molecule has 1 heterocycles. The standard InChI is InChI=1S/C31H60N2/c1-5-8-10-12-13-14-15-16-17-18-19-20-22-24-26-30(25-23-21-11-9-6-2)31(4,7-3)33-28-27-32-29-33/h27-30H,5-26H2,1-4H3. The molecule has 1 aromatic rings. The summed E-state index contributed by atoms with van der Waals surface area (Å²) in [6.45, 7) is 9.47. The molecule has 0 aliphatic heterocycles. The molecule has 33 heavy (non-hydrogen) atoms. The number of rotatable bonds is 24. The normalized spacial score (nSPS) is 14.4. The second-order valence-electron chi connectivity index (χ2n) is 11.0. The van der Waals surface area contributed by atoms with Crippen molar-refractivity contribution in [2.24, 2.45) is 5.92 Å². The van der Waals surface area contributed by atoms with Crippen molar-refractivity contribution in [2.45, 2.75) is 174 Å². The van der Waals surface area contributed by atoms with Gasteiger partial charge in [0.05, 0.1) is 6.33 Å². The zero-order valence-electron chi connectivity index (χ0n) is 23.3. The van der Waals surface area contributed by atoms with Gasteiger partial charge in [-0.25, -0.2) is 4.98 Å². The van der Waals surface area contributed by atoms with E-state index < -0.39 is 0 Å². The van der Waals surface area contributed by atoms with Gasteiger partial charge in [-0.1, -0.05) is 143 Å². The minimum atomic E-state index is 0.220. The monoisotopic (exact) mass is 460 g/mol. The molecule has 0 aliphatic rings. The van der Waals surface area contributed by atoms with Crippen LogP contribution in [0.1, 0.15) is 169 Å². The van der Waals surface area contributed by atoms with Gasteiger partial charge in [-0.15, -0.1) is 0 Å². The van der Waals surface area contributed by atoms with Crippen LogP contribution in [0.3, 0.4) is 0 Å². The lowest BCUT2D eigenvalue weighted by Crippen LogP contribution is -2.37. The van der Waals surface area contributed by atoms with Crippen molar-refractivity contribution in [3.05, 3.63) is 18.7 Å². The summed E-state index contributed by atoms with van der Waals surface area (Å²) < 4.78 is 2.41. The first-order chi connectivity index (χ1) is 16.2. The van der Waals surface area contributed by atoms with Gasteiger partial charge in [-0.05, 0) is 32.1 Å². The average Bonchev–Trinajstić information content (AvgIpc) is 3.38. The van der Waals surface area contributed by atoms with E-state index in [4.69, 9.17) is 0 Å². The molecule has 0 bridgehead atoms. The van der Waals surface area contributed by atoms with Crippen molar-refractivity contribution in [3.8, 4) is 0 Å². The third-order valence-corrected chi connectivity index (χ3v) is 8.25. The van der Waals surface area contributed by atoms with Crippen LogP contribution in [0.2, 0.25) is 0 Å². The third-order valence-electron chi connectivity index (χ3n) is 8.25. The second kappa shape index (κ2) is 20.6. The fourth-order valence-electron chi connectivity index (χ4n) is 5.59. The van der Waals surface area contributed by atoms with Gasteiger partial charge in [0.15, 0.2) is 0 Å². The molecule has 1 aromatic heterocycles. The maximum absolute atomic E-state index is 4.38. The SMILES string of the molecule is CCCCCCCCCCCCCCCCC(CCCCCCC)C(C)(CC)n1ccnc1. The van der Waals surface area contributed by atoms with E-state index in [9.17, 15) is 0 Å². The van der Waals surface area contributed by atoms with Crippen LogP contribution in [-0.2, 0) is 5.54 Å². The third kappa shape index (κ3) is 13.6. The Morgan fingerprint density at radius 1 is 0.606 bits per heavy atom. The molecule has 2 nitrogen and oxygen atoms in total. The largest absolute Gasteiger partial charge is 0.331 e. The average molecular weight is 461 g/mol. The molecule has 2 atom stereocenters. The molecule has 194 valence electrons. The first kappa shape index (κ1) is 30.2. The molecular formula is C31H60N2. The Morgan fingerprint density at radius 3 is 1.33 bits per heavy atom. The van der Waals surface area contributed by atoms with Gasteiger partial charge < -0.3 is 4.57 Å². The molecule has 0 N–H and O–H groups in total. The number of unbranched alkanes of at least 4 members (excludes halogenated alkanes) is 17. The zero-order valence-corrected chi connectivity index (χ0v) is 23.3. The van der Waals surface area contributed by atoms with Gasteiger partial charge in [0.1, 0.15) is 0 Å². The highest BCUT2D eigenvalue weighted by Gasteiger charge is 2.33. The quantitative estimate of drug-likeness (QED) is 0.140. The predicted octanol–water partition coefficient (Wildman–Crippen LogP) is 10.9. The van der Waals surface area contributed by atoms with Crippen LogP contribution in [0.25, 0.3) is 0 Å². The van der Waals surface area contributed by atoms with Gasteiger partial charge in [0.2, 0.25) is 0 Å². The molecule has 2 heteroatoms. The van der Waals surface area contributed by atoms with Crippen LogP contribution < -0.4 is 0 Å². The van der Waals surface area contributed by atoms with Crippen LogP contribution in [0.4, 0.5) is 0 Å². The summed E-state index contributed by atoms with van der Waals surface area (Å²) in [4.78, 5) is 4.38. The lowest BCUT2D eigenvalue weighted by atomic mass is 9.76. The zero-order chi connectivity index (χ0) is 24.0. The Hall–Kier alpha value is -0.790. The topological polar surface area (TPSA) is 17.8 Å². The highest BCUT2D eigenvalue weighted by Crippen LogP contribution is 2.37. The Kier molecular flexibility index (Phi) is 18.9. The van der Waals surface area contributed by atoms with E-state index in [1.165, 1.54) is 141 Å². The lowest BCUT2D eigenvalue weighted by molar-refractivity contribution is 0.153. The van der Waals surface area contributed by atoms with E-state index in [1.54, 1.807) is 0 Å². The Balaban J connectivity index is 2.22. The van der Waals surface area contributed by atoms with E-state index in [0.29, 0.717) is 0 Å². The van der Waals surface area contributed by atoms with Crippen molar-refractivity contribution < 1.29 is 0 Å². The molecule has 0 saturated heterocycles. The molecule has 1 rings (SSSR count). The van der Waals surface area contributed by atoms with Crippen molar-refractivity contribution in [3.63, 3.8) is 0 Å². The maximum atomic E-state index is 4.38. The van der Waals surface area contributed by atoms with E-state index in [2.05, 4.69) is 49.8 Å². The molecule has 0 fully saturated rings. The van der Waals surface area contributed by atoms with Crippen LogP contribution >= 0.6 is 0 Å². The van der Waals surface area contributed by atoms with Gasteiger partial charge >= 0.3 is 0 Å². The first-order valence-electron chi connectivity index (χ1n) is 15.2. The number of aromatic nitrogens is 2. The minimum Gasteiger partial charge on any atom is -0.331 e. The minimum absolute atomic E-state index is 0.220. The van der Waals surface area contributed by atoms with Crippen LogP contribution in [0.15, 0.2) is 18.7 Å². The van der Waals surface area contributed by atoms with Gasteiger partial charge in [-0.2, -0.15) is 0 Å². The maximum Gasteiger partial charge on any atom is 0.0951 e. The molecule has 0 saturated carbocycles. The van der Waals surface area contributed by atoms with Crippen LogP contribution in [0.5, 0.6) is 0 Å². The number of hydrogen-bond acceptors (Lipinski definition) is 1. The summed E-state index contributed by atoms with van der Waals surface area (Å²) in [6, 6.07) is 0. The van der Waals surface area contributed by atoms with E-state index in [-0.39, 0.29) is 5.54 Å². The predicted molar refractivity (Wildman–Crippen MR) is 148 cm³/mol. The van der Waals surface area contributed by atoms with Gasteiger partial charge in [-0.3, -0.25) is 0 Å². The van der Waals surface area contributed by atoms with Gasteiger partial charge in [0.25, 0.3) is 0 Å². The highest BCUT2D eigenvalue weighted by molar-refractivity contribution is 4.93. The number of nitrogens with zero attached hydrogens (tertiary/aromatic N) is 2. The van der Waals surface area contributed by atoms with E-state index >= 15 is 0 Å². The molecule has 2 unspecified atom stereocenters. The lowest BCUT2D eigenvalue weighted by Gasteiger charge is -2.39. The molecular weight excluding hydrogens is 400 g/mol. The Morgan fingerprint density at radius 2 is 1.00 bits per heavy atom. The van der Waals surface area contributed by atoms with Crippen molar-refractivity contribution in [1.29, 1.82) is 0 Å². The Bertz CT molecular complexity index is 509. The van der Waals surface area contributed by atoms with E-state index in [0.717, 1.165) is 5.92 Å². The smallest absolute Gasteiger partial charge is 0.0951 e. The number of imidazole rings is 1. The molecule has 0 aliphatic carbocycles. The number of hydrogen-bond donors (Lipinski definition) is 0. The molecule has 0 radical (unpaired) electrons. The first-order valence-corrected chi connectivity index (χ1v) is 15.2. The van der Waals surface area contributed by atoms with Gasteiger partial charge in [0, 0.05) is 17.9 Å². The summed E-state index contributed by atoms with van der Waals surface area (Å²) in [6.07, 6.45) is 37.3. The van der Waals surface area contributed by atoms with Crippen LogP contribution in [-0.4, -0.2) is 9.55 Å². The summed E-state index contributed by atoms with van der Waals surface area (Å²) in [5.74, 6) is 0.774. The van der Waals surface area contributed by atoms with E-state index in [1.807, 2.05) is 6.20 Å². The summed E-state index contributed by atoms with van der Waals surface area (Å²) in [5, 5.41) is 0. The Labute approximate surface area is 208 Å². The second-order valence-corrected chi connectivity index (χ2v) is 11.0. The summed E-state index contributed by atoms with van der Waals surface area (Å²) >= 11 is 0. The van der Waals surface area contributed by atoms with Crippen molar-refractivity contribution in [1.82, 2.24) is 9.55 Å². The van der Waals surface area contributed by atoms with Crippen molar-refractivity contribution >= 4 is 0 Å². The highest BCUT2D eigenvalue weighted by atomic mass is 15.1. The molecule has 0 aromatic carbocycles. The van der Waals surface area contributed by atoms with Crippen molar-refractivity contribution in [2.75, 3.05) is 0 Å².